The summed E-state index contributed by atoms with van der Waals surface area (Å²) in [5.74, 6) is -0.188. The van der Waals surface area contributed by atoms with E-state index < -0.39 is 0 Å². The third kappa shape index (κ3) is 3.30. The van der Waals surface area contributed by atoms with Crippen molar-refractivity contribution >= 4 is 28.0 Å². The van der Waals surface area contributed by atoms with Gasteiger partial charge in [0.05, 0.1) is 5.56 Å². The number of unbranched alkanes of at least 4 members (excludes halogenated alkanes) is 2. The maximum absolute atomic E-state index is 12.2. The van der Waals surface area contributed by atoms with E-state index in [2.05, 4.69) is 27.4 Å². The summed E-state index contributed by atoms with van der Waals surface area (Å²) in [6.07, 6.45) is 9.65. The number of carbonyl (C=O) groups is 1. The first-order valence-corrected chi connectivity index (χ1v) is 8.14. The van der Waals surface area contributed by atoms with E-state index in [1.165, 1.54) is 24.2 Å². The third-order valence-electron chi connectivity index (χ3n) is 3.33. The molecule has 1 amide bonds. The first kappa shape index (κ1) is 14.6. The average Bonchev–Trinajstić information content (AvgIpc) is 3.15. The van der Waals surface area contributed by atoms with Crippen LogP contribution in [0.1, 0.15) is 41.6 Å². The summed E-state index contributed by atoms with van der Waals surface area (Å²) in [7, 11) is 0. The van der Waals surface area contributed by atoms with Crippen molar-refractivity contribution < 1.29 is 4.79 Å². The molecule has 7 heteroatoms. The van der Waals surface area contributed by atoms with Crippen molar-refractivity contribution in [2.45, 2.75) is 32.6 Å². The number of rotatable bonds is 6. The molecule has 0 aliphatic heterocycles. The molecule has 0 radical (unpaired) electrons. The molecular weight excluding hydrogens is 298 g/mol. The van der Waals surface area contributed by atoms with Crippen LogP contribution in [0.25, 0.3) is 5.65 Å². The number of hydrogen-bond donors (Lipinski definition) is 1. The Hall–Kier alpha value is -2.28. The standard InChI is InChI=1S/C15H17N5OS/c1-2-3-4-5-13-18-19-15(22-13)17-14(21)11-6-7-12-16-8-9-20(12)10-11/h6-10H,2-5H2,1H3,(H,17,19,21). The maximum atomic E-state index is 12.2. The number of fused-ring (bicyclic) bond motifs is 1. The van der Waals surface area contributed by atoms with Crippen molar-refractivity contribution in [3.8, 4) is 0 Å². The molecule has 0 saturated carbocycles. The molecule has 22 heavy (non-hydrogen) atoms. The maximum Gasteiger partial charge on any atom is 0.258 e. The Morgan fingerprint density at radius 1 is 1.32 bits per heavy atom. The zero-order valence-corrected chi connectivity index (χ0v) is 13.1. The van der Waals surface area contributed by atoms with Crippen LogP contribution < -0.4 is 5.32 Å². The van der Waals surface area contributed by atoms with Crippen LogP contribution in [0.3, 0.4) is 0 Å². The predicted octanol–water partition coefficient (Wildman–Crippen LogP) is 3.17. The summed E-state index contributed by atoms with van der Waals surface area (Å²) in [4.78, 5) is 16.4. The second-order valence-corrected chi connectivity index (χ2v) is 6.08. The van der Waals surface area contributed by atoms with Gasteiger partial charge in [-0.2, -0.15) is 0 Å². The molecule has 0 bridgehead atoms. The minimum Gasteiger partial charge on any atom is -0.306 e. The van der Waals surface area contributed by atoms with Crippen molar-refractivity contribution in [3.63, 3.8) is 0 Å². The summed E-state index contributed by atoms with van der Waals surface area (Å²) >= 11 is 1.44. The number of carbonyl (C=O) groups excluding carboxylic acids is 1. The number of anilines is 1. The van der Waals surface area contributed by atoms with E-state index in [-0.39, 0.29) is 5.91 Å². The molecule has 0 spiro atoms. The van der Waals surface area contributed by atoms with E-state index in [0.29, 0.717) is 10.7 Å². The zero-order chi connectivity index (χ0) is 15.4. The third-order valence-corrected chi connectivity index (χ3v) is 4.23. The van der Waals surface area contributed by atoms with Gasteiger partial charge in [0.2, 0.25) is 5.13 Å². The number of pyridine rings is 1. The van der Waals surface area contributed by atoms with Gasteiger partial charge in [-0.05, 0) is 18.6 Å². The highest BCUT2D eigenvalue weighted by molar-refractivity contribution is 7.15. The van der Waals surface area contributed by atoms with Crippen molar-refractivity contribution in [2.75, 3.05) is 5.32 Å². The highest BCUT2D eigenvalue weighted by Gasteiger charge is 2.11. The number of imidazole rings is 1. The van der Waals surface area contributed by atoms with Gasteiger partial charge in [0, 0.05) is 25.0 Å². The molecule has 3 heterocycles. The van der Waals surface area contributed by atoms with Gasteiger partial charge in [-0.25, -0.2) is 4.98 Å². The Morgan fingerprint density at radius 2 is 2.23 bits per heavy atom. The van der Waals surface area contributed by atoms with E-state index in [1.54, 1.807) is 18.5 Å². The number of aromatic nitrogens is 4. The van der Waals surface area contributed by atoms with Crippen LogP contribution in [0, 0.1) is 0 Å². The van der Waals surface area contributed by atoms with Crippen molar-refractivity contribution in [2.24, 2.45) is 0 Å². The molecule has 0 saturated heterocycles. The zero-order valence-electron chi connectivity index (χ0n) is 12.3. The van der Waals surface area contributed by atoms with Gasteiger partial charge in [-0.15, -0.1) is 10.2 Å². The smallest absolute Gasteiger partial charge is 0.258 e. The quantitative estimate of drug-likeness (QED) is 0.709. The number of nitrogens with one attached hydrogen (secondary N) is 1. The normalized spacial score (nSPS) is 11.0. The Balaban J connectivity index is 1.65. The lowest BCUT2D eigenvalue weighted by Crippen LogP contribution is -2.12. The monoisotopic (exact) mass is 315 g/mol. The summed E-state index contributed by atoms with van der Waals surface area (Å²) in [6.45, 7) is 2.17. The molecule has 1 N–H and O–H groups in total. The van der Waals surface area contributed by atoms with Gasteiger partial charge in [-0.1, -0.05) is 31.1 Å². The Labute approximate surface area is 132 Å². The van der Waals surface area contributed by atoms with Gasteiger partial charge in [0.15, 0.2) is 0 Å². The van der Waals surface area contributed by atoms with Gasteiger partial charge < -0.3 is 4.40 Å². The molecule has 0 fully saturated rings. The Bertz CT molecular complexity index is 779. The fourth-order valence-electron chi connectivity index (χ4n) is 2.15. The molecule has 0 aliphatic carbocycles. The SMILES string of the molecule is CCCCCc1nnc(NC(=O)c2ccc3nccn3c2)s1. The fraction of sp³-hybridized carbons (Fsp3) is 0.333. The molecule has 3 aromatic heterocycles. The van der Waals surface area contributed by atoms with Gasteiger partial charge in [0.1, 0.15) is 10.7 Å². The van der Waals surface area contributed by atoms with Crippen LogP contribution in [0.5, 0.6) is 0 Å². The first-order valence-electron chi connectivity index (χ1n) is 7.32. The minimum atomic E-state index is -0.188. The molecular formula is C15H17N5OS. The summed E-state index contributed by atoms with van der Waals surface area (Å²) < 4.78 is 1.81. The molecule has 6 nitrogen and oxygen atoms in total. The van der Waals surface area contributed by atoms with Crippen LogP contribution >= 0.6 is 11.3 Å². The van der Waals surface area contributed by atoms with Crippen molar-refractivity contribution in [1.82, 2.24) is 19.6 Å². The molecule has 3 rings (SSSR count). The number of aryl methyl sites for hydroxylation is 1. The highest BCUT2D eigenvalue weighted by atomic mass is 32.1. The highest BCUT2D eigenvalue weighted by Crippen LogP contribution is 2.18. The Kier molecular flexibility index (Phi) is 4.43. The predicted molar refractivity (Wildman–Crippen MR) is 86.3 cm³/mol. The van der Waals surface area contributed by atoms with E-state index in [9.17, 15) is 4.79 Å². The van der Waals surface area contributed by atoms with E-state index in [4.69, 9.17) is 0 Å². The molecule has 3 aromatic rings. The number of hydrogen-bond acceptors (Lipinski definition) is 5. The Morgan fingerprint density at radius 3 is 3.09 bits per heavy atom. The van der Waals surface area contributed by atoms with Gasteiger partial charge in [-0.3, -0.25) is 10.1 Å². The average molecular weight is 315 g/mol. The van der Waals surface area contributed by atoms with E-state index in [0.717, 1.165) is 23.5 Å². The van der Waals surface area contributed by atoms with Crippen LogP contribution in [0.2, 0.25) is 0 Å². The first-order chi connectivity index (χ1) is 10.8. The lowest BCUT2D eigenvalue weighted by atomic mass is 10.2. The minimum absolute atomic E-state index is 0.188. The van der Waals surface area contributed by atoms with E-state index in [1.807, 2.05) is 16.7 Å². The second kappa shape index (κ2) is 6.65. The van der Waals surface area contributed by atoms with Crippen molar-refractivity contribution in [1.29, 1.82) is 0 Å². The lowest BCUT2D eigenvalue weighted by Gasteiger charge is -2.02. The summed E-state index contributed by atoms with van der Waals surface area (Å²) in [5.41, 5.74) is 1.37. The molecule has 0 aromatic carbocycles. The van der Waals surface area contributed by atoms with E-state index >= 15 is 0 Å². The fourth-order valence-corrected chi connectivity index (χ4v) is 2.93. The van der Waals surface area contributed by atoms with Crippen LogP contribution in [0.4, 0.5) is 5.13 Å². The molecule has 0 atom stereocenters. The molecule has 0 aliphatic rings. The summed E-state index contributed by atoms with van der Waals surface area (Å²) in [5, 5.41) is 12.5. The number of amides is 1. The van der Waals surface area contributed by atoms with Gasteiger partial charge in [0.25, 0.3) is 5.91 Å². The van der Waals surface area contributed by atoms with Crippen LogP contribution in [0.15, 0.2) is 30.7 Å². The topological polar surface area (TPSA) is 72.2 Å². The van der Waals surface area contributed by atoms with Gasteiger partial charge >= 0.3 is 0 Å². The van der Waals surface area contributed by atoms with Crippen LogP contribution in [-0.4, -0.2) is 25.5 Å². The largest absolute Gasteiger partial charge is 0.306 e. The van der Waals surface area contributed by atoms with Crippen molar-refractivity contribution in [3.05, 3.63) is 41.3 Å². The second-order valence-electron chi connectivity index (χ2n) is 5.02. The lowest BCUT2D eigenvalue weighted by molar-refractivity contribution is 0.102. The molecule has 0 unspecified atom stereocenters. The van der Waals surface area contributed by atoms with Crippen LogP contribution in [-0.2, 0) is 6.42 Å². The molecule has 114 valence electrons. The summed E-state index contributed by atoms with van der Waals surface area (Å²) in [6, 6.07) is 3.56. The number of nitrogens with zero attached hydrogens (tertiary/aromatic N) is 4.